The molecule has 0 saturated heterocycles. The molecule has 6 heteroatoms. The van der Waals surface area contributed by atoms with Crippen molar-refractivity contribution in [3.63, 3.8) is 0 Å². The first-order valence-electron chi connectivity index (χ1n) is 6.21. The average molecular weight is 335 g/mol. The molecular formula is C16H8ClFO3S. The maximum Gasteiger partial charge on any atom is 0.336 e. The molecule has 0 aliphatic carbocycles. The van der Waals surface area contributed by atoms with Gasteiger partial charge in [-0.1, -0.05) is 11.6 Å². The molecule has 0 amide bonds. The van der Waals surface area contributed by atoms with Gasteiger partial charge in [0.25, 0.3) is 0 Å². The number of carbonyl (C=O) groups excluding carboxylic acids is 1. The summed E-state index contributed by atoms with van der Waals surface area (Å²) < 4.78 is 14.3. The molecule has 110 valence electrons. The Morgan fingerprint density at radius 2 is 2.00 bits per heavy atom. The SMILES string of the molecule is O=Cc1c(-c2cc(F)ccc2C(=O)O)sc2ccc(Cl)cc12. The van der Waals surface area contributed by atoms with E-state index < -0.39 is 11.8 Å². The maximum absolute atomic E-state index is 13.6. The summed E-state index contributed by atoms with van der Waals surface area (Å²) in [6.07, 6.45) is 0.640. The quantitative estimate of drug-likeness (QED) is 0.695. The summed E-state index contributed by atoms with van der Waals surface area (Å²) in [6, 6.07) is 8.47. The lowest BCUT2D eigenvalue weighted by Crippen LogP contribution is -2.00. The molecule has 3 rings (SSSR count). The van der Waals surface area contributed by atoms with Gasteiger partial charge in [0, 0.05) is 31.1 Å². The highest BCUT2D eigenvalue weighted by Crippen LogP contribution is 2.40. The second-order valence-electron chi connectivity index (χ2n) is 4.60. The molecule has 1 N–H and O–H groups in total. The molecule has 0 saturated carbocycles. The first-order valence-corrected chi connectivity index (χ1v) is 7.41. The molecule has 0 fully saturated rings. The largest absolute Gasteiger partial charge is 0.478 e. The highest BCUT2D eigenvalue weighted by molar-refractivity contribution is 7.22. The van der Waals surface area contributed by atoms with Gasteiger partial charge in [0.05, 0.1) is 5.56 Å². The Morgan fingerprint density at radius 1 is 1.23 bits per heavy atom. The predicted octanol–water partition coefficient (Wildman–Crippen LogP) is 4.87. The number of rotatable bonds is 3. The summed E-state index contributed by atoms with van der Waals surface area (Å²) >= 11 is 7.18. The third-order valence-corrected chi connectivity index (χ3v) is 4.72. The van der Waals surface area contributed by atoms with Crippen molar-refractivity contribution in [1.29, 1.82) is 0 Å². The molecule has 22 heavy (non-hydrogen) atoms. The van der Waals surface area contributed by atoms with Crippen molar-refractivity contribution in [3.8, 4) is 10.4 Å². The molecule has 0 radical (unpaired) electrons. The van der Waals surface area contributed by atoms with E-state index in [0.717, 1.165) is 16.8 Å². The number of carboxylic acids is 1. The van der Waals surface area contributed by atoms with Crippen molar-refractivity contribution in [3.05, 3.63) is 58.4 Å². The number of halogens is 2. The first-order chi connectivity index (χ1) is 10.5. The Labute approximate surface area is 133 Å². The fraction of sp³-hybridized carbons (Fsp3) is 0. The van der Waals surface area contributed by atoms with Crippen molar-refractivity contribution in [2.75, 3.05) is 0 Å². The number of carboxylic acid groups (broad SMARTS) is 1. The van der Waals surface area contributed by atoms with E-state index in [4.69, 9.17) is 11.6 Å². The summed E-state index contributed by atoms with van der Waals surface area (Å²) in [5.41, 5.74) is 0.449. The average Bonchev–Trinajstić information content (AvgIpc) is 2.84. The molecule has 1 aromatic heterocycles. The van der Waals surface area contributed by atoms with Crippen LogP contribution in [0.2, 0.25) is 5.02 Å². The molecule has 0 unspecified atom stereocenters. The van der Waals surface area contributed by atoms with E-state index in [0.29, 0.717) is 27.1 Å². The molecule has 3 aromatic rings. The van der Waals surface area contributed by atoms with E-state index in [2.05, 4.69) is 0 Å². The Kier molecular flexibility index (Phi) is 3.68. The van der Waals surface area contributed by atoms with Crippen LogP contribution in [0.3, 0.4) is 0 Å². The topological polar surface area (TPSA) is 54.4 Å². The molecular weight excluding hydrogens is 327 g/mol. The molecule has 0 bridgehead atoms. The fourth-order valence-corrected chi connectivity index (χ4v) is 3.65. The van der Waals surface area contributed by atoms with Crippen LogP contribution in [-0.4, -0.2) is 17.4 Å². The van der Waals surface area contributed by atoms with E-state index in [-0.39, 0.29) is 11.1 Å². The molecule has 0 atom stereocenters. The monoisotopic (exact) mass is 334 g/mol. The van der Waals surface area contributed by atoms with Crippen molar-refractivity contribution in [1.82, 2.24) is 0 Å². The zero-order valence-corrected chi connectivity index (χ0v) is 12.5. The Hall–Kier alpha value is -2.24. The number of aromatic carboxylic acids is 1. The number of benzene rings is 2. The van der Waals surface area contributed by atoms with Gasteiger partial charge in [-0.2, -0.15) is 0 Å². The molecule has 3 nitrogen and oxygen atoms in total. The summed E-state index contributed by atoms with van der Waals surface area (Å²) in [5, 5.41) is 10.4. The van der Waals surface area contributed by atoms with Crippen LogP contribution in [0.15, 0.2) is 36.4 Å². The number of carbonyl (C=O) groups is 2. The van der Waals surface area contributed by atoms with E-state index >= 15 is 0 Å². The lowest BCUT2D eigenvalue weighted by molar-refractivity contribution is 0.0697. The number of hydrogen-bond acceptors (Lipinski definition) is 3. The zero-order chi connectivity index (χ0) is 15.9. The van der Waals surface area contributed by atoms with E-state index in [9.17, 15) is 19.1 Å². The van der Waals surface area contributed by atoms with E-state index in [1.165, 1.54) is 17.4 Å². The number of hydrogen-bond donors (Lipinski definition) is 1. The van der Waals surface area contributed by atoms with Crippen molar-refractivity contribution < 1.29 is 19.1 Å². The van der Waals surface area contributed by atoms with Crippen LogP contribution in [0.4, 0.5) is 4.39 Å². The van der Waals surface area contributed by atoms with Gasteiger partial charge < -0.3 is 5.11 Å². The lowest BCUT2D eigenvalue weighted by atomic mass is 10.0. The van der Waals surface area contributed by atoms with Gasteiger partial charge >= 0.3 is 5.97 Å². The summed E-state index contributed by atoms with van der Waals surface area (Å²) in [4.78, 5) is 23.2. The van der Waals surface area contributed by atoms with E-state index in [1.807, 2.05) is 0 Å². The van der Waals surface area contributed by atoms with Crippen LogP contribution in [-0.2, 0) is 0 Å². The highest BCUT2D eigenvalue weighted by Gasteiger charge is 2.19. The Morgan fingerprint density at radius 3 is 2.68 bits per heavy atom. The van der Waals surface area contributed by atoms with Gasteiger partial charge in [0.15, 0.2) is 6.29 Å². The van der Waals surface area contributed by atoms with Gasteiger partial charge in [-0.25, -0.2) is 9.18 Å². The van der Waals surface area contributed by atoms with Crippen molar-refractivity contribution in [2.24, 2.45) is 0 Å². The maximum atomic E-state index is 13.6. The third-order valence-electron chi connectivity index (χ3n) is 3.26. The number of fused-ring (bicyclic) bond motifs is 1. The van der Waals surface area contributed by atoms with Gasteiger partial charge in [0.1, 0.15) is 5.82 Å². The molecule has 1 heterocycles. The Bertz CT molecular complexity index is 917. The summed E-state index contributed by atoms with van der Waals surface area (Å²) in [7, 11) is 0. The second kappa shape index (κ2) is 5.51. The predicted molar refractivity (Wildman–Crippen MR) is 84.6 cm³/mol. The van der Waals surface area contributed by atoms with Crippen LogP contribution < -0.4 is 0 Å². The van der Waals surface area contributed by atoms with Gasteiger partial charge in [-0.15, -0.1) is 11.3 Å². The smallest absolute Gasteiger partial charge is 0.336 e. The molecule has 0 aliphatic heterocycles. The minimum atomic E-state index is -1.18. The normalized spacial score (nSPS) is 10.8. The fourth-order valence-electron chi connectivity index (χ4n) is 2.30. The van der Waals surface area contributed by atoms with Crippen LogP contribution in [0, 0.1) is 5.82 Å². The first kappa shape index (κ1) is 14.7. The van der Waals surface area contributed by atoms with Gasteiger partial charge in [-0.3, -0.25) is 4.79 Å². The van der Waals surface area contributed by atoms with E-state index in [1.54, 1.807) is 18.2 Å². The number of thiophene rings is 1. The zero-order valence-electron chi connectivity index (χ0n) is 11.0. The Balaban J connectivity index is 2.38. The van der Waals surface area contributed by atoms with Crippen molar-refractivity contribution in [2.45, 2.75) is 0 Å². The van der Waals surface area contributed by atoms with Gasteiger partial charge in [0.2, 0.25) is 0 Å². The third kappa shape index (κ3) is 2.38. The van der Waals surface area contributed by atoms with Crippen molar-refractivity contribution >= 4 is 45.3 Å². The molecule has 2 aromatic carbocycles. The standard InChI is InChI=1S/C16H8ClFO3S/c17-8-1-4-14-11(5-8)13(7-19)15(22-14)12-6-9(18)2-3-10(12)16(20)21/h1-7H,(H,20,21). The minimum Gasteiger partial charge on any atom is -0.478 e. The van der Waals surface area contributed by atoms with Crippen LogP contribution >= 0.6 is 22.9 Å². The molecule has 0 spiro atoms. The minimum absolute atomic E-state index is 0.0536. The second-order valence-corrected chi connectivity index (χ2v) is 6.09. The van der Waals surface area contributed by atoms with Crippen LogP contribution in [0.25, 0.3) is 20.5 Å². The summed E-state index contributed by atoms with van der Waals surface area (Å²) in [6.45, 7) is 0. The highest BCUT2D eigenvalue weighted by atomic mass is 35.5. The molecule has 0 aliphatic rings. The lowest BCUT2D eigenvalue weighted by Gasteiger charge is -2.05. The summed E-state index contributed by atoms with van der Waals surface area (Å²) in [5.74, 6) is -1.74. The van der Waals surface area contributed by atoms with Gasteiger partial charge in [-0.05, 0) is 36.4 Å². The van der Waals surface area contributed by atoms with Crippen LogP contribution in [0.1, 0.15) is 20.7 Å². The van der Waals surface area contributed by atoms with Crippen LogP contribution in [0.5, 0.6) is 0 Å². The number of aldehydes is 1.